The lowest BCUT2D eigenvalue weighted by Gasteiger charge is -2.31. The molecule has 0 radical (unpaired) electrons. The van der Waals surface area contributed by atoms with Gasteiger partial charge in [0.15, 0.2) is 5.75 Å². The molecule has 0 unspecified atom stereocenters. The molecule has 0 aliphatic rings. The van der Waals surface area contributed by atoms with Crippen molar-refractivity contribution in [3.05, 3.63) is 71.2 Å². The summed E-state index contributed by atoms with van der Waals surface area (Å²) in [6, 6.07) is 8.52. The van der Waals surface area contributed by atoms with E-state index >= 15 is 0 Å². The molecule has 2 aromatic carbocycles. The fourth-order valence-corrected chi connectivity index (χ4v) is 3.41. The molecule has 3 rings (SSSR count). The van der Waals surface area contributed by atoms with Crippen LogP contribution in [-0.2, 0) is 17.6 Å². The second kappa shape index (κ2) is 9.89. The van der Waals surface area contributed by atoms with Gasteiger partial charge in [-0.1, -0.05) is 39.0 Å². The Balaban J connectivity index is 1.98. The highest BCUT2D eigenvalue weighted by atomic mass is 19.4. The lowest BCUT2D eigenvalue weighted by Crippen LogP contribution is -2.50. The quantitative estimate of drug-likeness (QED) is 0.316. The summed E-state index contributed by atoms with van der Waals surface area (Å²) >= 11 is 0. The number of fused-ring (bicyclic) bond motifs is 1. The van der Waals surface area contributed by atoms with E-state index in [-0.39, 0.29) is 23.4 Å². The van der Waals surface area contributed by atoms with E-state index in [1.165, 1.54) is 30.3 Å². The van der Waals surface area contributed by atoms with Gasteiger partial charge < -0.3 is 15.2 Å². The average Bonchev–Trinajstić information content (AvgIpc) is 2.80. The van der Waals surface area contributed by atoms with E-state index in [1.807, 2.05) is 0 Å². The van der Waals surface area contributed by atoms with Gasteiger partial charge in [0.2, 0.25) is 5.95 Å². The number of carboxylic acid groups (broad SMARTS) is 1. The number of ether oxygens (including phenoxy) is 1. The Labute approximate surface area is 198 Å². The molecule has 186 valence electrons. The van der Waals surface area contributed by atoms with Crippen LogP contribution in [0.25, 0.3) is 10.9 Å². The fraction of sp³-hybridized carbons (Fsp3) is 0.320. The minimum absolute atomic E-state index is 0.0196. The zero-order valence-corrected chi connectivity index (χ0v) is 19.2. The standard InChI is InChI=1S/C25H24F4N2O4/c1-4-24(2,3)21(23(33)34)31-22(32)17-11-7-15-8-12-18(26)30-19(15)20(17)35-13-14-5-9-16(10-6-14)25(27,28)29/h5-12,21H,4,13H2,1-3H3,(H,31,32)(H,33,34)/t21-/m1/s1. The first kappa shape index (κ1) is 25.9. The van der Waals surface area contributed by atoms with Crippen molar-refractivity contribution >= 4 is 22.8 Å². The summed E-state index contributed by atoms with van der Waals surface area (Å²) in [5.74, 6) is -2.93. The van der Waals surface area contributed by atoms with Gasteiger partial charge in [-0.25, -0.2) is 9.78 Å². The zero-order chi connectivity index (χ0) is 26.0. The predicted octanol–water partition coefficient (Wildman–Crippen LogP) is 5.59. The molecule has 1 atom stereocenters. The van der Waals surface area contributed by atoms with Gasteiger partial charge in [-0.2, -0.15) is 17.6 Å². The van der Waals surface area contributed by atoms with Crippen LogP contribution in [0.5, 0.6) is 5.75 Å². The number of aromatic nitrogens is 1. The minimum atomic E-state index is -4.49. The van der Waals surface area contributed by atoms with Crippen LogP contribution in [0, 0.1) is 11.4 Å². The molecular weight excluding hydrogens is 468 g/mol. The summed E-state index contributed by atoms with van der Waals surface area (Å²) in [7, 11) is 0. The molecule has 1 aromatic heterocycles. The average molecular weight is 492 g/mol. The fourth-order valence-electron chi connectivity index (χ4n) is 3.41. The van der Waals surface area contributed by atoms with Crippen LogP contribution in [0.3, 0.4) is 0 Å². The Bertz CT molecular complexity index is 1240. The first-order chi connectivity index (χ1) is 16.3. The van der Waals surface area contributed by atoms with Gasteiger partial charge in [0.25, 0.3) is 5.91 Å². The molecule has 0 aliphatic heterocycles. The summed E-state index contributed by atoms with van der Waals surface area (Å²) in [5.41, 5.74) is -1.29. The Morgan fingerprint density at radius 1 is 1.06 bits per heavy atom. The molecular formula is C25H24F4N2O4. The maximum atomic E-state index is 13.9. The molecule has 0 bridgehead atoms. The molecule has 3 aromatic rings. The molecule has 0 fully saturated rings. The van der Waals surface area contributed by atoms with Crippen molar-refractivity contribution in [1.82, 2.24) is 10.3 Å². The predicted molar refractivity (Wildman–Crippen MR) is 120 cm³/mol. The number of benzene rings is 2. The molecule has 35 heavy (non-hydrogen) atoms. The maximum Gasteiger partial charge on any atom is 0.416 e. The summed E-state index contributed by atoms with van der Waals surface area (Å²) in [6.07, 6.45) is -4.03. The van der Waals surface area contributed by atoms with Crippen LogP contribution < -0.4 is 10.1 Å². The van der Waals surface area contributed by atoms with Gasteiger partial charge >= 0.3 is 12.1 Å². The van der Waals surface area contributed by atoms with Crippen LogP contribution in [-0.4, -0.2) is 28.0 Å². The van der Waals surface area contributed by atoms with E-state index in [0.29, 0.717) is 17.4 Å². The number of halogens is 4. The van der Waals surface area contributed by atoms with Crippen LogP contribution in [0.4, 0.5) is 17.6 Å². The molecule has 0 saturated carbocycles. The van der Waals surface area contributed by atoms with Crippen molar-refractivity contribution in [1.29, 1.82) is 0 Å². The number of pyridine rings is 1. The molecule has 0 aliphatic carbocycles. The number of amides is 1. The molecule has 0 saturated heterocycles. The van der Waals surface area contributed by atoms with Gasteiger partial charge in [0.1, 0.15) is 18.2 Å². The minimum Gasteiger partial charge on any atom is -0.486 e. The molecule has 1 heterocycles. The number of carbonyl (C=O) groups excluding carboxylic acids is 1. The summed E-state index contributed by atoms with van der Waals surface area (Å²) < 4.78 is 58.2. The number of hydrogen-bond acceptors (Lipinski definition) is 4. The van der Waals surface area contributed by atoms with E-state index in [9.17, 15) is 32.3 Å². The second-order valence-electron chi connectivity index (χ2n) is 8.72. The van der Waals surface area contributed by atoms with Gasteiger partial charge in [0.05, 0.1) is 11.1 Å². The number of carboxylic acids is 1. The smallest absolute Gasteiger partial charge is 0.416 e. The van der Waals surface area contributed by atoms with Crippen molar-refractivity contribution in [2.24, 2.45) is 5.41 Å². The highest BCUT2D eigenvalue weighted by molar-refractivity contribution is 6.04. The van der Waals surface area contributed by atoms with E-state index in [2.05, 4.69) is 10.3 Å². The largest absolute Gasteiger partial charge is 0.486 e. The Morgan fingerprint density at radius 3 is 2.26 bits per heavy atom. The Kier molecular flexibility index (Phi) is 7.33. The number of hydrogen-bond donors (Lipinski definition) is 2. The molecule has 0 spiro atoms. The summed E-state index contributed by atoms with van der Waals surface area (Å²) in [5, 5.41) is 12.6. The van der Waals surface area contributed by atoms with Gasteiger partial charge in [0, 0.05) is 5.39 Å². The number of nitrogens with zero attached hydrogens (tertiary/aromatic N) is 1. The van der Waals surface area contributed by atoms with Crippen LogP contribution in [0.2, 0.25) is 0 Å². The summed E-state index contributed by atoms with van der Waals surface area (Å²) in [4.78, 5) is 28.8. The third-order valence-corrected chi connectivity index (χ3v) is 5.91. The van der Waals surface area contributed by atoms with Gasteiger partial charge in [-0.3, -0.25) is 4.79 Å². The monoisotopic (exact) mass is 492 g/mol. The van der Waals surface area contributed by atoms with E-state index in [1.54, 1.807) is 20.8 Å². The van der Waals surface area contributed by atoms with Gasteiger partial charge in [-0.15, -0.1) is 0 Å². The van der Waals surface area contributed by atoms with Crippen molar-refractivity contribution in [2.45, 2.75) is 46.0 Å². The lowest BCUT2D eigenvalue weighted by atomic mass is 9.81. The maximum absolute atomic E-state index is 13.9. The van der Waals surface area contributed by atoms with Crippen LogP contribution >= 0.6 is 0 Å². The highest BCUT2D eigenvalue weighted by Gasteiger charge is 2.36. The van der Waals surface area contributed by atoms with Crippen LogP contribution in [0.1, 0.15) is 48.7 Å². The van der Waals surface area contributed by atoms with E-state index < -0.39 is 41.0 Å². The van der Waals surface area contributed by atoms with Crippen molar-refractivity contribution in [2.75, 3.05) is 0 Å². The first-order valence-corrected chi connectivity index (χ1v) is 10.8. The summed E-state index contributed by atoms with van der Waals surface area (Å²) in [6.45, 7) is 4.96. The van der Waals surface area contributed by atoms with Gasteiger partial charge in [-0.05, 0) is 47.7 Å². The number of aliphatic carboxylic acids is 1. The topological polar surface area (TPSA) is 88.5 Å². The second-order valence-corrected chi connectivity index (χ2v) is 8.72. The van der Waals surface area contributed by atoms with E-state index in [0.717, 1.165) is 18.2 Å². The normalized spacial score (nSPS) is 12.9. The first-order valence-electron chi connectivity index (χ1n) is 10.8. The van der Waals surface area contributed by atoms with Crippen molar-refractivity contribution in [3.8, 4) is 5.75 Å². The number of alkyl halides is 3. The number of nitrogens with one attached hydrogen (secondary N) is 1. The molecule has 10 heteroatoms. The Morgan fingerprint density at radius 2 is 1.69 bits per heavy atom. The van der Waals surface area contributed by atoms with Crippen LogP contribution in [0.15, 0.2) is 48.5 Å². The molecule has 1 amide bonds. The molecule has 6 nitrogen and oxygen atoms in total. The van der Waals surface area contributed by atoms with Crippen molar-refractivity contribution in [3.63, 3.8) is 0 Å². The third kappa shape index (κ3) is 5.87. The third-order valence-electron chi connectivity index (χ3n) is 5.91. The SMILES string of the molecule is CCC(C)(C)[C@H](NC(=O)c1ccc2ccc(F)nc2c1OCc1ccc(C(F)(F)F)cc1)C(=O)O. The Hall–Kier alpha value is -3.69. The zero-order valence-electron chi connectivity index (χ0n) is 19.2. The number of carbonyl (C=O) groups is 2. The van der Waals surface area contributed by atoms with Crippen molar-refractivity contribution < 1.29 is 37.0 Å². The number of rotatable bonds is 8. The highest BCUT2D eigenvalue weighted by Crippen LogP contribution is 2.32. The lowest BCUT2D eigenvalue weighted by molar-refractivity contribution is -0.142. The van der Waals surface area contributed by atoms with E-state index in [4.69, 9.17) is 4.74 Å². The molecule has 2 N–H and O–H groups in total.